The van der Waals surface area contributed by atoms with E-state index in [1.807, 2.05) is 0 Å². The fourth-order valence-corrected chi connectivity index (χ4v) is 1.33. The molecule has 4 heteroatoms. The minimum atomic E-state index is -4.68. The predicted octanol–water partition coefficient (Wildman–Crippen LogP) is 3.54. The molecule has 0 aliphatic heterocycles. The van der Waals surface area contributed by atoms with Gasteiger partial charge in [0.25, 0.3) is 0 Å². The molecular weight excluding hydrogens is 205 g/mol. The van der Waals surface area contributed by atoms with E-state index < -0.39 is 6.36 Å². The lowest BCUT2D eigenvalue weighted by Crippen LogP contribution is -2.17. The van der Waals surface area contributed by atoms with Crippen molar-refractivity contribution >= 4 is 10.8 Å². The number of hydrogen-bond donors (Lipinski definition) is 0. The molecule has 0 atom stereocenters. The summed E-state index contributed by atoms with van der Waals surface area (Å²) >= 11 is 0. The van der Waals surface area contributed by atoms with Gasteiger partial charge in [-0.25, -0.2) is 0 Å². The Bertz CT molecular complexity index is 471. The van der Waals surface area contributed by atoms with Gasteiger partial charge in [0.1, 0.15) is 5.75 Å². The number of hydrogen-bond acceptors (Lipinski definition) is 1. The van der Waals surface area contributed by atoms with Gasteiger partial charge in [-0.3, -0.25) is 0 Å². The fraction of sp³-hybridized carbons (Fsp3) is 0.0909. The van der Waals surface area contributed by atoms with E-state index in [4.69, 9.17) is 0 Å². The van der Waals surface area contributed by atoms with Crippen LogP contribution in [-0.4, -0.2) is 6.36 Å². The molecule has 1 radical (unpaired) electrons. The predicted molar refractivity (Wildman–Crippen MR) is 49.5 cm³/mol. The first-order valence-electron chi connectivity index (χ1n) is 4.21. The highest BCUT2D eigenvalue weighted by molar-refractivity contribution is 5.87. The van der Waals surface area contributed by atoms with Gasteiger partial charge in [-0.05, 0) is 11.5 Å². The minimum Gasteiger partial charge on any atom is -0.404 e. The summed E-state index contributed by atoms with van der Waals surface area (Å²) in [5, 5.41) is 1.09. The monoisotopic (exact) mass is 211 g/mol. The zero-order chi connectivity index (χ0) is 10.9. The van der Waals surface area contributed by atoms with Gasteiger partial charge in [-0.2, -0.15) is 0 Å². The first-order chi connectivity index (χ1) is 7.06. The van der Waals surface area contributed by atoms with E-state index in [0.29, 0.717) is 10.8 Å². The summed E-state index contributed by atoms with van der Waals surface area (Å²) in [6.45, 7) is 0. The van der Waals surface area contributed by atoms with Crippen molar-refractivity contribution < 1.29 is 17.9 Å². The van der Waals surface area contributed by atoms with Crippen molar-refractivity contribution in [1.82, 2.24) is 0 Å². The van der Waals surface area contributed by atoms with Crippen LogP contribution in [-0.2, 0) is 0 Å². The molecule has 0 fully saturated rings. The number of fused-ring (bicyclic) bond motifs is 1. The van der Waals surface area contributed by atoms with Crippen LogP contribution in [0.15, 0.2) is 36.4 Å². The number of benzene rings is 2. The Kier molecular flexibility index (Phi) is 2.26. The van der Waals surface area contributed by atoms with E-state index in [1.54, 1.807) is 30.3 Å². The molecule has 0 heterocycles. The summed E-state index contributed by atoms with van der Waals surface area (Å²) < 4.78 is 39.9. The molecule has 0 aliphatic carbocycles. The average Bonchev–Trinajstić information content (AvgIpc) is 2.16. The van der Waals surface area contributed by atoms with Gasteiger partial charge in [0.2, 0.25) is 0 Å². The molecule has 0 bridgehead atoms. The first kappa shape index (κ1) is 9.83. The van der Waals surface area contributed by atoms with E-state index in [1.165, 1.54) is 6.07 Å². The second kappa shape index (κ2) is 3.46. The van der Waals surface area contributed by atoms with Crippen LogP contribution in [0, 0.1) is 6.07 Å². The molecule has 0 unspecified atom stereocenters. The standard InChI is InChI=1S/C11H6F3O/c12-11(13,14)15-10-7-3-5-8-4-1-2-6-9(8)10/h1-6H. The Morgan fingerprint density at radius 1 is 1.07 bits per heavy atom. The summed E-state index contributed by atoms with van der Waals surface area (Å²) in [6.07, 6.45) is -4.68. The van der Waals surface area contributed by atoms with Gasteiger partial charge in [-0.1, -0.05) is 30.3 Å². The van der Waals surface area contributed by atoms with Gasteiger partial charge in [0.05, 0.1) is 0 Å². The van der Waals surface area contributed by atoms with Gasteiger partial charge < -0.3 is 4.74 Å². The van der Waals surface area contributed by atoms with Crippen molar-refractivity contribution in [2.45, 2.75) is 6.36 Å². The number of rotatable bonds is 1. The third kappa shape index (κ3) is 2.21. The van der Waals surface area contributed by atoms with Crippen LogP contribution >= 0.6 is 0 Å². The Hall–Kier alpha value is -1.71. The third-order valence-electron chi connectivity index (χ3n) is 1.90. The molecule has 2 rings (SSSR count). The smallest absolute Gasteiger partial charge is 0.404 e. The van der Waals surface area contributed by atoms with Gasteiger partial charge in [0.15, 0.2) is 0 Å². The summed E-state index contributed by atoms with van der Waals surface area (Å²) in [5.74, 6) is -0.291. The van der Waals surface area contributed by atoms with Crippen molar-refractivity contribution in [1.29, 1.82) is 0 Å². The quantitative estimate of drug-likeness (QED) is 0.701. The maximum absolute atomic E-state index is 12.0. The lowest BCUT2D eigenvalue weighted by molar-refractivity contribution is -0.274. The van der Waals surface area contributed by atoms with E-state index in [9.17, 15) is 13.2 Å². The molecule has 0 N–H and O–H groups in total. The lowest BCUT2D eigenvalue weighted by atomic mass is 10.1. The highest BCUT2D eigenvalue weighted by Crippen LogP contribution is 2.29. The zero-order valence-corrected chi connectivity index (χ0v) is 7.51. The van der Waals surface area contributed by atoms with Crippen LogP contribution in [0.1, 0.15) is 0 Å². The highest BCUT2D eigenvalue weighted by Gasteiger charge is 2.31. The fourth-order valence-electron chi connectivity index (χ4n) is 1.33. The van der Waals surface area contributed by atoms with Crippen LogP contribution in [0.5, 0.6) is 5.75 Å². The van der Waals surface area contributed by atoms with Crippen LogP contribution in [0.3, 0.4) is 0 Å². The van der Waals surface area contributed by atoms with Crippen LogP contribution in [0.2, 0.25) is 0 Å². The highest BCUT2D eigenvalue weighted by atomic mass is 19.4. The molecule has 2 aromatic rings. The summed E-state index contributed by atoms with van der Waals surface area (Å²) in [7, 11) is 0. The van der Waals surface area contributed by atoms with Gasteiger partial charge in [0, 0.05) is 11.5 Å². The number of ether oxygens (including phenoxy) is 1. The third-order valence-corrected chi connectivity index (χ3v) is 1.90. The maximum Gasteiger partial charge on any atom is 0.573 e. The zero-order valence-electron chi connectivity index (χ0n) is 7.51. The second-order valence-corrected chi connectivity index (χ2v) is 2.94. The molecule has 0 amide bonds. The lowest BCUT2D eigenvalue weighted by Gasteiger charge is -2.10. The molecule has 2 aromatic carbocycles. The molecule has 15 heavy (non-hydrogen) atoms. The van der Waals surface area contributed by atoms with Crippen molar-refractivity contribution in [2.24, 2.45) is 0 Å². The first-order valence-corrected chi connectivity index (χ1v) is 4.21. The number of alkyl halides is 3. The summed E-state index contributed by atoms with van der Waals surface area (Å²) in [6, 6.07) is 12.2. The molecule has 0 aliphatic rings. The Morgan fingerprint density at radius 3 is 2.53 bits per heavy atom. The van der Waals surface area contributed by atoms with E-state index >= 15 is 0 Å². The molecule has 0 spiro atoms. The topological polar surface area (TPSA) is 9.23 Å². The van der Waals surface area contributed by atoms with Gasteiger partial charge >= 0.3 is 6.36 Å². The van der Waals surface area contributed by atoms with Crippen molar-refractivity contribution in [3.8, 4) is 5.75 Å². The molecule has 0 aromatic heterocycles. The SMILES string of the molecule is FC(F)(F)Oc1[c]ccc2ccccc12. The summed E-state index contributed by atoms with van der Waals surface area (Å²) in [5.41, 5.74) is 0. The average molecular weight is 211 g/mol. The molecule has 77 valence electrons. The molecule has 0 saturated heterocycles. The molecular formula is C11H6F3O. The molecule has 1 nitrogen and oxygen atoms in total. The Morgan fingerprint density at radius 2 is 1.80 bits per heavy atom. The Balaban J connectivity index is 2.52. The number of halogens is 3. The van der Waals surface area contributed by atoms with Crippen LogP contribution < -0.4 is 4.74 Å². The van der Waals surface area contributed by atoms with E-state index in [-0.39, 0.29) is 5.75 Å². The van der Waals surface area contributed by atoms with E-state index in [2.05, 4.69) is 10.8 Å². The normalized spacial score (nSPS) is 11.7. The van der Waals surface area contributed by atoms with Crippen molar-refractivity contribution in [3.05, 3.63) is 42.5 Å². The second-order valence-electron chi connectivity index (χ2n) is 2.94. The Labute approximate surface area is 84.1 Å². The van der Waals surface area contributed by atoms with Crippen LogP contribution in [0.4, 0.5) is 13.2 Å². The van der Waals surface area contributed by atoms with Crippen LogP contribution in [0.25, 0.3) is 10.8 Å². The van der Waals surface area contributed by atoms with Crippen molar-refractivity contribution in [3.63, 3.8) is 0 Å². The maximum atomic E-state index is 12.0. The van der Waals surface area contributed by atoms with Gasteiger partial charge in [-0.15, -0.1) is 13.2 Å². The van der Waals surface area contributed by atoms with Crippen molar-refractivity contribution in [2.75, 3.05) is 0 Å². The van der Waals surface area contributed by atoms with E-state index in [0.717, 1.165) is 0 Å². The largest absolute Gasteiger partial charge is 0.573 e. The molecule has 0 saturated carbocycles. The summed E-state index contributed by atoms with van der Waals surface area (Å²) in [4.78, 5) is 0. The minimum absolute atomic E-state index is 0.291.